The zero-order chi connectivity index (χ0) is 19.6. The molecule has 1 aromatic heterocycles. The summed E-state index contributed by atoms with van der Waals surface area (Å²) in [5.74, 6) is -0.668. The summed E-state index contributed by atoms with van der Waals surface area (Å²) in [4.78, 5) is 27.2. The lowest BCUT2D eigenvalue weighted by molar-refractivity contribution is -0.153. The molecule has 1 amide bonds. The second-order valence-corrected chi connectivity index (χ2v) is 8.21. The first kappa shape index (κ1) is 19.9. The van der Waals surface area contributed by atoms with Gasteiger partial charge in [0, 0.05) is 27.6 Å². The van der Waals surface area contributed by atoms with Crippen LogP contribution in [-0.4, -0.2) is 54.3 Å². The molecule has 0 aliphatic rings. The van der Waals surface area contributed by atoms with E-state index in [1.807, 2.05) is 0 Å². The van der Waals surface area contributed by atoms with Crippen molar-refractivity contribution in [2.45, 2.75) is 30.8 Å². The largest absolute Gasteiger partial charge is 0.453 e. The van der Waals surface area contributed by atoms with E-state index in [2.05, 4.69) is 4.98 Å². The third-order valence-electron chi connectivity index (χ3n) is 3.99. The van der Waals surface area contributed by atoms with E-state index < -0.39 is 28.0 Å². The fourth-order valence-corrected chi connectivity index (χ4v) is 3.27. The Kier molecular flexibility index (Phi) is 5.67. The van der Waals surface area contributed by atoms with E-state index in [-0.39, 0.29) is 17.7 Å². The van der Waals surface area contributed by atoms with Gasteiger partial charge in [-0.2, -0.15) is 0 Å². The number of nitrogens with two attached hydrogens (primary N) is 1. The number of rotatable bonds is 7. The minimum Gasteiger partial charge on any atom is -0.453 e. The first-order valence-electron chi connectivity index (χ1n) is 7.90. The Morgan fingerprint density at radius 3 is 2.58 bits per heavy atom. The molecule has 1 heterocycles. The van der Waals surface area contributed by atoms with Gasteiger partial charge in [0.15, 0.2) is 6.10 Å². The van der Waals surface area contributed by atoms with Crippen LogP contribution in [0.15, 0.2) is 23.1 Å². The Morgan fingerprint density at radius 2 is 2.00 bits per heavy atom. The molecule has 2 rings (SSSR count). The highest BCUT2D eigenvalue weighted by atomic mass is 32.2. The van der Waals surface area contributed by atoms with Crippen LogP contribution in [0.3, 0.4) is 0 Å². The second kappa shape index (κ2) is 7.42. The zero-order valence-electron chi connectivity index (χ0n) is 15.1. The van der Waals surface area contributed by atoms with Gasteiger partial charge in [-0.1, -0.05) is 0 Å². The van der Waals surface area contributed by atoms with Crippen molar-refractivity contribution in [2.24, 2.45) is 12.8 Å². The van der Waals surface area contributed by atoms with Crippen molar-refractivity contribution in [3.8, 4) is 0 Å². The van der Waals surface area contributed by atoms with Crippen LogP contribution in [0.4, 0.5) is 0 Å². The van der Waals surface area contributed by atoms with E-state index in [0.29, 0.717) is 11.3 Å². The third kappa shape index (κ3) is 4.02. The number of amides is 1. The van der Waals surface area contributed by atoms with E-state index in [1.54, 1.807) is 17.7 Å². The van der Waals surface area contributed by atoms with Crippen LogP contribution in [0.25, 0.3) is 11.0 Å². The van der Waals surface area contributed by atoms with Crippen molar-refractivity contribution >= 4 is 32.9 Å². The fourth-order valence-electron chi connectivity index (χ4n) is 2.35. The molecule has 0 spiro atoms. The molecule has 26 heavy (non-hydrogen) atoms. The van der Waals surface area contributed by atoms with Gasteiger partial charge in [0.05, 0.1) is 22.3 Å². The number of benzene rings is 1. The van der Waals surface area contributed by atoms with E-state index in [4.69, 9.17) is 10.5 Å². The SMILES string of the molecule is C[C@H](OC(=O)CCc1nc2cc(S(=O)(=O)N(C)C)ccc2n1C)C(N)=O. The van der Waals surface area contributed by atoms with Gasteiger partial charge < -0.3 is 15.0 Å². The summed E-state index contributed by atoms with van der Waals surface area (Å²) in [6, 6.07) is 4.70. The molecule has 0 saturated heterocycles. The van der Waals surface area contributed by atoms with Crippen LogP contribution >= 0.6 is 0 Å². The maximum absolute atomic E-state index is 12.2. The number of aryl methyl sites for hydroxylation is 2. The summed E-state index contributed by atoms with van der Waals surface area (Å²) in [5, 5.41) is 0. The number of hydrogen-bond donors (Lipinski definition) is 1. The molecular formula is C16H22N4O5S. The van der Waals surface area contributed by atoms with Gasteiger partial charge in [-0.3, -0.25) is 9.59 Å². The lowest BCUT2D eigenvalue weighted by Crippen LogP contribution is -2.30. The summed E-state index contributed by atoms with van der Waals surface area (Å²) < 4.78 is 32.3. The van der Waals surface area contributed by atoms with E-state index >= 15 is 0 Å². The molecule has 0 aliphatic heterocycles. The Morgan fingerprint density at radius 1 is 1.35 bits per heavy atom. The van der Waals surface area contributed by atoms with Crippen LogP contribution in [0.1, 0.15) is 19.2 Å². The monoisotopic (exact) mass is 382 g/mol. The topological polar surface area (TPSA) is 125 Å². The highest BCUT2D eigenvalue weighted by molar-refractivity contribution is 7.89. The molecule has 0 fully saturated rings. The maximum atomic E-state index is 12.2. The molecule has 2 N–H and O–H groups in total. The number of ether oxygens (including phenoxy) is 1. The molecular weight excluding hydrogens is 360 g/mol. The van der Waals surface area contributed by atoms with Crippen LogP contribution in [0.2, 0.25) is 0 Å². The van der Waals surface area contributed by atoms with Crippen molar-refractivity contribution in [3.05, 3.63) is 24.0 Å². The predicted octanol–water partition coefficient (Wildman–Crippen LogP) is 0.173. The Balaban J connectivity index is 2.21. The average Bonchev–Trinajstić information content (AvgIpc) is 2.88. The van der Waals surface area contributed by atoms with Gasteiger partial charge >= 0.3 is 5.97 Å². The van der Waals surface area contributed by atoms with Crippen LogP contribution < -0.4 is 5.73 Å². The fraction of sp³-hybridized carbons (Fsp3) is 0.438. The minimum absolute atomic E-state index is 0.0254. The molecule has 0 aliphatic carbocycles. The van der Waals surface area contributed by atoms with Crippen molar-refractivity contribution in [2.75, 3.05) is 14.1 Å². The Bertz CT molecular complexity index is 949. The number of esters is 1. The second-order valence-electron chi connectivity index (χ2n) is 6.06. The highest BCUT2D eigenvalue weighted by Crippen LogP contribution is 2.22. The van der Waals surface area contributed by atoms with Crippen molar-refractivity contribution in [1.29, 1.82) is 0 Å². The predicted molar refractivity (Wildman–Crippen MR) is 94.7 cm³/mol. The number of nitrogens with zero attached hydrogens (tertiary/aromatic N) is 3. The quantitative estimate of drug-likeness (QED) is 0.681. The number of aromatic nitrogens is 2. The van der Waals surface area contributed by atoms with E-state index in [1.165, 1.54) is 33.2 Å². The molecule has 0 bridgehead atoms. The first-order valence-corrected chi connectivity index (χ1v) is 9.34. The number of fused-ring (bicyclic) bond motifs is 1. The van der Waals surface area contributed by atoms with Gasteiger partial charge in [-0.25, -0.2) is 17.7 Å². The van der Waals surface area contributed by atoms with Crippen molar-refractivity contribution < 1.29 is 22.7 Å². The zero-order valence-corrected chi connectivity index (χ0v) is 15.9. The number of carbonyl (C=O) groups is 2. The maximum Gasteiger partial charge on any atom is 0.307 e. The lowest BCUT2D eigenvalue weighted by Gasteiger charge is -2.11. The van der Waals surface area contributed by atoms with Gasteiger partial charge in [0.1, 0.15) is 5.82 Å². The molecule has 0 radical (unpaired) electrons. The van der Waals surface area contributed by atoms with Gasteiger partial charge in [0.25, 0.3) is 5.91 Å². The van der Waals surface area contributed by atoms with Crippen molar-refractivity contribution in [3.63, 3.8) is 0 Å². The standard InChI is InChI=1S/C16H22N4O5S/c1-10(16(17)22)25-15(21)8-7-14-18-12-9-11(26(23,24)19(2)3)5-6-13(12)20(14)4/h5-6,9-10H,7-8H2,1-4H3,(H2,17,22)/t10-/m0/s1. The molecule has 2 aromatic rings. The summed E-state index contributed by atoms with van der Waals surface area (Å²) in [5.41, 5.74) is 6.32. The summed E-state index contributed by atoms with van der Waals surface area (Å²) >= 11 is 0. The molecule has 142 valence electrons. The van der Waals surface area contributed by atoms with E-state index in [9.17, 15) is 18.0 Å². The van der Waals surface area contributed by atoms with Gasteiger partial charge in [-0.05, 0) is 25.1 Å². The average molecular weight is 382 g/mol. The van der Waals surface area contributed by atoms with Crippen molar-refractivity contribution in [1.82, 2.24) is 13.9 Å². The Hall–Kier alpha value is -2.46. The summed E-state index contributed by atoms with van der Waals surface area (Å²) in [6.07, 6.45) is -0.676. The number of sulfonamides is 1. The normalized spacial score (nSPS) is 13.1. The number of hydrogen-bond acceptors (Lipinski definition) is 6. The van der Waals surface area contributed by atoms with Gasteiger partial charge in [0.2, 0.25) is 10.0 Å². The smallest absolute Gasteiger partial charge is 0.307 e. The first-order chi connectivity index (χ1) is 12.0. The molecule has 10 heteroatoms. The molecule has 0 saturated carbocycles. The molecule has 9 nitrogen and oxygen atoms in total. The highest BCUT2D eigenvalue weighted by Gasteiger charge is 2.20. The third-order valence-corrected chi connectivity index (χ3v) is 5.80. The number of carbonyl (C=O) groups excluding carboxylic acids is 2. The molecule has 1 atom stereocenters. The minimum atomic E-state index is -3.55. The summed E-state index contributed by atoms with van der Waals surface area (Å²) in [6.45, 7) is 1.40. The van der Waals surface area contributed by atoms with Crippen LogP contribution in [0.5, 0.6) is 0 Å². The van der Waals surface area contributed by atoms with E-state index in [0.717, 1.165) is 9.82 Å². The van der Waals surface area contributed by atoms with Gasteiger partial charge in [-0.15, -0.1) is 0 Å². The molecule has 0 unspecified atom stereocenters. The lowest BCUT2D eigenvalue weighted by atomic mass is 10.3. The molecule has 1 aromatic carbocycles. The van der Waals surface area contributed by atoms with Crippen LogP contribution in [0, 0.1) is 0 Å². The summed E-state index contributed by atoms with van der Waals surface area (Å²) in [7, 11) is 1.15. The number of imidazole rings is 1. The van der Waals surface area contributed by atoms with Crippen LogP contribution in [-0.2, 0) is 37.8 Å². The Labute approximate surface area is 151 Å². The number of primary amides is 1.